The van der Waals surface area contributed by atoms with Crippen LogP contribution in [0.4, 0.5) is 4.79 Å². The minimum atomic E-state index is -1.16. The number of aryl methyl sites for hydroxylation is 1. The number of nitrogens with zero attached hydrogens (tertiary/aromatic N) is 4. The highest BCUT2D eigenvalue weighted by Crippen LogP contribution is 2.29. The Labute approximate surface area is 181 Å². The molecule has 1 aromatic carbocycles. The van der Waals surface area contributed by atoms with Crippen LogP contribution in [0.5, 0.6) is 0 Å². The van der Waals surface area contributed by atoms with Crippen molar-refractivity contribution < 1.29 is 14.7 Å². The quantitative estimate of drug-likeness (QED) is 0.375. The molecule has 11 heteroatoms. The van der Waals surface area contributed by atoms with E-state index >= 15 is 0 Å². The largest absolute Gasteiger partial charge is 0.465 e. The molecule has 0 radical (unpaired) electrons. The number of benzene rings is 1. The Morgan fingerprint density at radius 1 is 1.32 bits per heavy atom. The second-order valence-electron chi connectivity index (χ2n) is 7.79. The highest BCUT2D eigenvalue weighted by Gasteiger charge is 2.25. The number of carbonyl (C=O) groups excluding carboxylic acids is 1. The van der Waals surface area contributed by atoms with Crippen molar-refractivity contribution in [2.24, 2.45) is 7.05 Å². The second-order valence-corrected chi connectivity index (χ2v) is 8.22. The third kappa shape index (κ3) is 4.02. The molecular weight excluding hydrogens is 422 g/mol. The molecule has 2 amide bonds. The van der Waals surface area contributed by atoms with Crippen molar-refractivity contribution in [3.8, 4) is 11.4 Å². The summed E-state index contributed by atoms with van der Waals surface area (Å²) >= 11 is 6.10. The van der Waals surface area contributed by atoms with Crippen molar-refractivity contribution in [3.63, 3.8) is 0 Å². The molecule has 0 spiro atoms. The Morgan fingerprint density at radius 2 is 2.10 bits per heavy atom. The monoisotopic (exact) mass is 441 g/mol. The lowest BCUT2D eigenvalue weighted by Crippen LogP contribution is -2.51. The zero-order chi connectivity index (χ0) is 22.3. The average Bonchev–Trinajstić information content (AvgIpc) is 3.27. The Bertz CT molecular complexity index is 1330. The first-order valence-corrected chi connectivity index (χ1v) is 9.78. The number of nitrogens with one attached hydrogen (secondary N) is 3. The number of aromatic nitrogens is 5. The van der Waals surface area contributed by atoms with Gasteiger partial charge in [0.25, 0.3) is 5.91 Å². The van der Waals surface area contributed by atoms with E-state index in [0.717, 1.165) is 10.9 Å². The number of carboxylic acid groups (broad SMARTS) is 1. The highest BCUT2D eigenvalue weighted by atomic mass is 35.5. The van der Waals surface area contributed by atoms with Gasteiger partial charge in [-0.25, -0.2) is 14.8 Å². The van der Waals surface area contributed by atoms with E-state index in [4.69, 9.17) is 16.7 Å². The van der Waals surface area contributed by atoms with E-state index in [-0.39, 0.29) is 6.54 Å². The van der Waals surface area contributed by atoms with Crippen molar-refractivity contribution in [1.82, 2.24) is 35.4 Å². The summed E-state index contributed by atoms with van der Waals surface area (Å²) in [7, 11) is 1.82. The fourth-order valence-corrected chi connectivity index (χ4v) is 3.48. The lowest BCUT2D eigenvalue weighted by molar-refractivity contribution is 0.0912. The molecule has 0 unspecified atom stereocenters. The normalized spacial score (nSPS) is 11.7. The van der Waals surface area contributed by atoms with Crippen LogP contribution in [-0.4, -0.2) is 53.9 Å². The molecular formula is C20H20ClN7O3. The van der Waals surface area contributed by atoms with Crippen molar-refractivity contribution in [2.45, 2.75) is 19.4 Å². The number of H-pyrrole nitrogens is 1. The first kappa shape index (κ1) is 20.6. The molecule has 0 aliphatic rings. The SMILES string of the molecule is Cn1nc(-c2cnc3[nH]cc(C(=O)NC(C)(C)CNC(=O)O)c3n2)c2ccc(Cl)cc21. The van der Waals surface area contributed by atoms with Crippen LogP contribution in [0.2, 0.25) is 5.02 Å². The number of hydrogen-bond donors (Lipinski definition) is 4. The molecule has 4 rings (SSSR count). The molecule has 0 atom stereocenters. The van der Waals surface area contributed by atoms with Gasteiger partial charge in [0.1, 0.15) is 16.9 Å². The molecule has 0 aliphatic heterocycles. The third-order valence-electron chi connectivity index (χ3n) is 4.82. The van der Waals surface area contributed by atoms with Crippen LogP contribution in [0.25, 0.3) is 33.5 Å². The zero-order valence-electron chi connectivity index (χ0n) is 17.0. The molecule has 3 heterocycles. The summed E-state index contributed by atoms with van der Waals surface area (Å²) in [4.78, 5) is 35.6. The highest BCUT2D eigenvalue weighted by molar-refractivity contribution is 6.31. The minimum absolute atomic E-state index is 0.0514. The predicted molar refractivity (Wildman–Crippen MR) is 116 cm³/mol. The maximum atomic E-state index is 12.9. The molecule has 10 nitrogen and oxygen atoms in total. The Balaban J connectivity index is 1.70. The molecule has 0 saturated carbocycles. The molecule has 4 aromatic rings. The van der Waals surface area contributed by atoms with Gasteiger partial charge in [0.05, 0.1) is 22.8 Å². The fraction of sp³-hybridized carbons (Fsp3) is 0.250. The van der Waals surface area contributed by atoms with Crippen LogP contribution in [0.1, 0.15) is 24.2 Å². The standard InChI is InChI=1S/C20H20ClN7O3/c1-20(2,9-24-19(30)31)26-18(29)12-7-22-17-16(12)25-13(8-23-17)15-11-5-4-10(21)6-14(11)28(3)27-15/h4-8,24H,9H2,1-3H3,(H,22,23)(H,26,29)(H,30,31). The number of aromatic amines is 1. The van der Waals surface area contributed by atoms with Gasteiger partial charge in [-0.3, -0.25) is 9.48 Å². The molecule has 0 saturated heterocycles. The number of halogens is 1. The summed E-state index contributed by atoms with van der Waals surface area (Å²) in [6.45, 7) is 3.49. The van der Waals surface area contributed by atoms with Gasteiger partial charge >= 0.3 is 6.09 Å². The summed E-state index contributed by atoms with van der Waals surface area (Å²) in [5, 5.41) is 19.9. The number of carbonyl (C=O) groups is 2. The summed E-state index contributed by atoms with van der Waals surface area (Å²) in [5.74, 6) is -0.396. The molecule has 0 bridgehead atoms. The number of fused-ring (bicyclic) bond motifs is 2. The lowest BCUT2D eigenvalue weighted by Gasteiger charge is -2.25. The Morgan fingerprint density at radius 3 is 2.84 bits per heavy atom. The van der Waals surface area contributed by atoms with E-state index in [2.05, 4.69) is 30.7 Å². The Kier molecular flexibility index (Phi) is 5.02. The van der Waals surface area contributed by atoms with Crippen LogP contribution in [0, 0.1) is 0 Å². The summed E-state index contributed by atoms with van der Waals surface area (Å²) < 4.78 is 1.71. The molecule has 3 aromatic heterocycles. The van der Waals surface area contributed by atoms with Crippen molar-refractivity contribution in [3.05, 3.63) is 41.2 Å². The smallest absolute Gasteiger partial charge is 0.404 e. The fourth-order valence-electron chi connectivity index (χ4n) is 3.31. The van der Waals surface area contributed by atoms with Gasteiger partial charge in [-0.05, 0) is 32.0 Å². The first-order valence-electron chi connectivity index (χ1n) is 9.41. The van der Waals surface area contributed by atoms with Crippen molar-refractivity contribution >= 4 is 45.7 Å². The Hall–Kier alpha value is -3.66. The number of amides is 2. The average molecular weight is 442 g/mol. The molecule has 0 aliphatic carbocycles. The van der Waals surface area contributed by atoms with Gasteiger partial charge in [-0.15, -0.1) is 0 Å². The van der Waals surface area contributed by atoms with E-state index in [1.807, 2.05) is 19.2 Å². The topological polar surface area (TPSA) is 138 Å². The van der Waals surface area contributed by atoms with Gasteiger partial charge in [-0.1, -0.05) is 11.6 Å². The van der Waals surface area contributed by atoms with Crippen molar-refractivity contribution in [2.75, 3.05) is 6.54 Å². The molecule has 31 heavy (non-hydrogen) atoms. The summed E-state index contributed by atoms with van der Waals surface area (Å²) in [6.07, 6.45) is 1.96. The van der Waals surface area contributed by atoms with E-state index in [1.54, 1.807) is 30.8 Å². The minimum Gasteiger partial charge on any atom is -0.465 e. The van der Waals surface area contributed by atoms with Crippen LogP contribution in [-0.2, 0) is 7.05 Å². The maximum absolute atomic E-state index is 12.9. The van der Waals surface area contributed by atoms with Gasteiger partial charge in [0.2, 0.25) is 0 Å². The van der Waals surface area contributed by atoms with Crippen LogP contribution < -0.4 is 10.6 Å². The predicted octanol–water partition coefficient (Wildman–Crippen LogP) is 2.94. The molecule has 4 N–H and O–H groups in total. The second kappa shape index (κ2) is 7.55. The van der Waals surface area contributed by atoms with Gasteiger partial charge < -0.3 is 20.7 Å². The zero-order valence-corrected chi connectivity index (χ0v) is 17.8. The maximum Gasteiger partial charge on any atom is 0.404 e. The third-order valence-corrected chi connectivity index (χ3v) is 5.05. The van der Waals surface area contributed by atoms with E-state index in [9.17, 15) is 9.59 Å². The summed E-state index contributed by atoms with van der Waals surface area (Å²) in [6, 6.07) is 5.47. The van der Waals surface area contributed by atoms with Gasteiger partial charge in [0.15, 0.2) is 5.65 Å². The molecule has 0 fully saturated rings. The van der Waals surface area contributed by atoms with Gasteiger partial charge in [-0.2, -0.15) is 5.10 Å². The number of rotatable bonds is 5. The van der Waals surface area contributed by atoms with E-state index < -0.39 is 17.5 Å². The van der Waals surface area contributed by atoms with Gasteiger partial charge in [0, 0.05) is 30.2 Å². The lowest BCUT2D eigenvalue weighted by atomic mass is 10.1. The molecule has 160 valence electrons. The van der Waals surface area contributed by atoms with Crippen LogP contribution in [0.3, 0.4) is 0 Å². The summed E-state index contributed by atoms with van der Waals surface area (Å²) in [5.41, 5.74) is 2.34. The van der Waals surface area contributed by atoms with E-state index in [0.29, 0.717) is 33.1 Å². The van der Waals surface area contributed by atoms with Crippen molar-refractivity contribution in [1.29, 1.82) is 0 Å². The van der Waals surface area contributed by atoms with E-state index in [1.165, 1.54) is 6.20 Å². The van der Waals surface area contributed by atoms with Crippen LogP contribution >= 0.6 is 11.6 Å². The first-order chi connectivity index (χ1) is 14.6. The van der Waals surface area contributed by atoms with Crippen LogP contribution in [0.15, 0.2) is 30.6 Å². The number of hydrogen-bond acceptors (Lipinski definition) is 5.